The zero-order chi connectivity index (χ0) is 21.8. The van der Waals surface area contributed by atoms with Gasteiger partial charge in [-0.2, -0.15) is 5.26 Å². The summed E-state index contributed by atoms with van der Waals surface area (Å²) in [5.74, 6) is 0.795. The number of nitrogens with one attached hydrogen (secondary N) is 1. The number of benzene rings is 1. The molecule has 1 aromatic carbocycles. The molecule has 1 aliphatic carbocycles. The van der Waals surface area contributed by atoms with Crippen molar-refractivity contribution in [3.05, 3.63) is 51.7 Å². The van der Waals surface area contributed by atoms with Crippen molar-refractivity contribution in [2.24, 2.45) is 0 Å². The summed E-state index contributed by atoms with van der Waals surface area (Å²) in [7, 11) is 0. The van der Waals surface area contributed by atoms with Crippen LogP contribution in [0.3, 0.4) is 0 Å². The summed E-state index contributed by atoms with van der Waals surface area (Å²) in [6.45, 7) is 5.55. The summed E-state index contributed by atoms with van der Waals surface area (Å²) >= 11 is 5.99. The van der Waals surface area contributed by atoms with Gasteiger partial charge in [0.25, 0.3) is 0 Å². The van der Waals surface area contributed by atoms with Crippen LogP contribution < -0.4 is 10.2 Å². The molecule has 0 spiro atoms. The maximum Gasteiger partial charge on any atom is 0.238 e. The SMILES string of the molecule is CCCc1nc(N2CCN(CC(=O)Nc3cccc(Cl)c3)CC2)c(C#N)c2c1CCC2. The highest BCUT2D eigenvalue weighted by atomic mass is 35.5. The molecular weight excluding hydrogens is 410 g/mol. The highest BCUT2D eigenvalue weighted by Gasteiger charge is 2.27. The molecule has 0 radical (unpaired) electrons. The Morgan fingerprint density at radius 1 is 1.23 bits per heavy atom. The normalized spacial score (nSPS) is 16.1. The van der Waals surface area contributed by atoms with E-state index in [1.165, 1.54) is 16.8 Å². The van der Waals surface area contributed by atoms with E-state index in [9.17, 15) is 10.1 Å². The van der Waals surface area contributed by atoms with Crippen LogP contribution in [0, 0.1) is 11.3 Å². The van der Waals surface area contributed by atoms with Crippen LogP contribution in [-0.4, -0.2) is 48.5 Å². The first-order valence-corrected chi connectivity index (χ1v) is 11.4. The van der Waals surface area contributed by atoms with Crippen LogP contribution in [0.4, 0.5) is 11.5 Å². The van der Waals surface area contributed by atoms with Gasteiger partial charge in [-0.25, -0.2) is 4.98 Å². The molecule has 2 aliphatic rings. The number of hydrogen-bond acceptors (Lipinski definition) is 5. The first-order chi connectivity index (χ1) is 15.1. The van der Waals surface area contributed by atoms with Crippen molar-refractivity contribution in [2.75, 3.05) is 42.9 Å². The van der Waals surface area contributed by atoms with E-state index < -0.39 is 0 Å². The van der Waals surface area contributed by atoms with Crippen LogP contribution in [0.25, 0.3) is 0 Å². The number of nitriles is 1. The molecule has 1 aliphatic heterocycles. The lowest BCUT2D eigenvalue weighted by Gasteiger charge is -2.36. The van der Waals surface area contributed by atoms with E-state index in [0.29, 0.717) is 17.3 Å². The van der Waals surface area contributed by atoms with Crippen LogP contribution in [0.5, 0.6) is 0 Å². The first-order valence-electron chi connectivity index (χ1n) is 11.1. The van der Waals surface area contributed by atoms with Gasteiger partial charge in [0.1, 0.15) is 11.9 Å². The second kappa shape index (κ2) is 9.67. The molecule has 1 fully saturated rings. The van der Waals surface area contributed by atoms with Gasteiger partial charge in [-0.15, -0.1) is 0 Å². The molecule has 1 aromatic heterocycles. The van der Waals surface area contributed by atoms with Crippen molar-refractivity contribution < 1.29 is 4.79 Å². The Morgan fingerprint density at radius 2 is 2.00 bits per heavy atom. The minimum absolute atomic E-state index is 0.0469. The number of amides is 1. The molecule has 1 N–H and O–H groups in total. The molecule has 0 atom stereocenters. The number of hydrogen-bond donors (Lipinski definition) is 1. The molecule has 2 heterocycles. The summed E-state index contributed by atoms with van der Waals surface area (Å²) in [4.78, 5) is 21.8. The van der Waals surface area contributed by atoms with Crippen LogP contribution in [-0.2, 0) is 24.1 Å². The number of carbonyl (C=O) groups is 1. The lowest BCUT2D eigenvalue weighted by Crippen LogP contribution is -2.49. The number of carbonyl (C=O) groups excluding carboxylic acids is 1. The van der Waals surface area contributed by atoms with E-state index in [2.05, 4.69) is 28.1 Å². The van der Waals surface area contributed by atoms with Gasteiger partial charge < -0.3 is 10.2 Å². The number of halogens is 1. The third kappa shape index (κ3) is 4.84. The van der Waals surface area contributed by atoms with Crippen molar-refractivity contribution in [3.63, 3.8) is 0 Å². The van der Waals surface area contributed by atoms with E-state index in [-0.39, 0.29) is 5.91 Å². The molecule has 1 saturated heterocycles. The number of piperazine rings is 1. The number of nitrogens with zero attached hydrogens (tertiary/aromatic N) is 4. The Bertz CT molecular complexity index is 1010. The van der Waals surface area contributed by atoms with Gasteiger partial charge in [0.05, 0.1) is 12.1 Å². The minimum Gasteiger partial charge on any atom is -0.353 e. The molecule has 6 nitrogen and oxygen atoms in total. The van der Waals surface area contributed by atoms with E-state index >= 15 is 0 Å². The van der Waals surface area contributed by atoms with Crippen molar-refractivity contribution in [1.29, 1.82) is 5.26 Å². The Kier molecular flexibility index (Phi) is 6.74. The fourth-order valence-electron chi connectivity index (χ4n) is 4.60. The van der Waals surface area contributed by atoms with E-state index in [1.807, 2.05) is 12.1 Å². The number of aromatic nitrogens is 1. The van der Waals surface area contributed by atoms with E-state index in [0.717, 1.165) is 69.7 Å². The number of anilines is 2. The van der Waals surface area contributed by atoms with Gasteiger partial charge in [0, 0.05) is 42.6 Å². The molecule has 162 valence electrons. The zero-order valence-electron chi connectivity index (χ0n) is 18.0. The Hall–Kier alpha value is -2.62. The molecule has 0 bridgehead atoms. The molecule has 1 amide bonds. The number of aryl methyl sites for hydroxylation is 1. The average molecular weight is 438 g/mol. The first kappa shape index (κ1) is 21.6. The molecule has 2 aromatic rings. The van der Waals surface area contributed by atoms with Gasteiger partial charge in [0.2, 0.25) is 5.91 Å². The third-order valence-electron chi connectivity index (χ3n) is 6.08. The van der Waals surface area contributed by atoms with Gasteiger partial charge in [0.15, 0.2) is 0 Å². The molecule has 0 saturated carbocycles. The number of rotatable bonds is 6. The fraction of sp³-hybridized carbons (Fsp3) is 0.458. The quantitative estimate of drug-likeness (QED) is 0.743. The van der Waals surface area contributed by atoms with E-state index in [1.54, 1.807) is 12.1 Å². The van der Waals surface area contributed by atoms with E-state index in [4.69, 9.17) is 16.6 Å². The van der Waals surface area contributed by atoms with Gasteiger partial charge in [-0.05, 0) is 55.0 Å². The molecule has 0 unspecified atom stereocenters. The molecule has 7 heteroatoms. The smallest absolute Gasteiger partial charge is 0.238 e. The van der Waals surface area contributed by atoms with Crippen molar-refractivity contribution >= 4 is 29.0 Å². The zero-order valence-corrected chi connectivity index (χ0v) is 18.7. The molecular formula is C24H28ClN5O. The topological polar surface area (TPSA) is 72.3 Å². The van der Waals surface area contributed by atoms with Gasteiger partial charge >= 0.3 is 0 Å². The predicted octanol–water partition coefficient (Wildman–Crippen LogP) is 3.81. The highest BCUT2D eigenvalue weighted by molar-refractivity contribution is 6.30. The lowest BCUT2D eigenvalue weighted by atomic mass is 10.0. The second-order valence-electron chi connectivity index (χ2n) is 8.25. The Labute approximate surface area is 188 Å². The number of fused-ring (bicyclic) bond motifs is 1. The number of pyridine rings is 1. The summed E-state index contributed by atoms with van der Waals surface area (Å²) in [5, 5.41) is 13.4. The summed E-state index contributed by atoms with van der Waals surface area (Å²) < 4.78 is 0. The minimum atomic E-state index is -0.0469. The maximum atomic E-state index is 12.4. The van der Waals surface area contributed by atoms with Crippen LogP contribution in [0.2, 0.25) is 5.02 Å². The highest BCUT2D eigenvalue weighted by Crippen LogP contribution is 2.33. The summed E-state index contributed by atoms with van der Waals surface area (Å²) in [6.07, 6.45) is 5.16. The van der Waals surface area contributed by atoms with Crippen molar-refractivity contribution in [1.82, 2.24) is 9.88 Å². The van der Waals surface area contributed by atoms with Gasteiger partial charge in [-0.1, -0.05) is 31.0 Å². The standard InChI is InChI=1S/C24H28ClN5O/c1-2-5-22-20-9-4-8-19(20)21(15-26)24(28-22)30-12-10-29(11-13-30)16-23(31)27-18-7-3-6-17(25)14-18/h3,6-7,14H,2,4-5,8-13,16H2,1H3,(H,27,31). The summed E-state index contributed by atoms with van der Waals surface area (Å²) in [5.41, 5.74) is 5.19. The predicted molar refractivity (Wildman–Crippen MR) is 124 cm³/mol. The lowest BCUT2D eigenvalue weighted by molar-refractivity contribution is -0.117. The Morgan fingerprint density at radius 3 is 2.71 bits per heavy atom. The third-order valence-corrected chi connectivity index (χ3v) is 6.31. The summed E-state index contributed by atoms with van der Waals surface area (Å²) in [6, 6.07) is 9.62. The van der Waals surface area contributed by atoms with Crippen LogP contribution in [0.15, 0.2) is 24.3 Å². The molecule has 31 heavy (non-hydrogen) atoms. The van der Waals surface area contributed by atoms with Crippen molar-refractivity contribution in [2.45, 2.75) is 39.0 Å². The molecule has 4 rings (SSSR count). The van der Waals surface area contributed by atoms with Gasteiger partial charge in [-0.3, -0.25) is 9.69 Å². The maximum absolute atomic E-state index is 12.4. The van der Waals surface area contributed by atoms with Crippen LogP contribution in [0.1, 0.15) is 42.1 Å². The van der Waals surface area contributed by atoms with Crippen molar-refractivity contribution in [3.8, 4) is 6.07 Å². The monoisotopic (exact) mass is 437 g/mol. The largest absolute Gasteiger partial charge is 0.353 e. The van der Waals surface area contributed by atoms with Crippen LogP contribution >= 0.6 is 11.6 Å². The average Bonchev–Trinajstić information content (AvgIpc) is 3.24. The fourth-order valence-corrected chi connectivity index (χ4v) is 4.79. The second-order valence-corrected chi connectivity index (χ2v) is 8.69. The Balaban J connectivity index is 1.41.